The number of thioether (sulfide) groups is 2. The number of nitrogens with two attached hydrogens (primary N) is 2. The van der Waals surface area contributed by atoms with E-state index in [9.17, 15) is 4.79 Å². The molecule has 0 radical (unpaired) electrons. The molecule has 2 heterocycles. The number of carboxylic acid groups (broad SMARTS) is 1. The first-order valence-electron chi connectivity index (χ1n) is 10.4. The molecule has 0 unspecified atom stereocenters. The molecule has 0 aromatic carbocycles. The summed E-state index contributed by atoms with van der Waals surface area (Å²) >= 11 is 2.58. The fraction of sp³-hybridized carbons (Fsp3) is 0.318. The van der Waals surface area contributed by atoms with Crippen LogP contribution in [-0.2, 0) is 0 Å². The van der Waals surface area contributed by atoms with E-state index >= 15 is 0 Å². The zero-order valence-corrected chi connectivity index (χ0v) is 20.7. The Kier molecular flexibility index (Phi) is 11.0. The number of hydrogen-bond donors (Lipinski definition) is 5. The van der Waals surface area contributed by atoms with Crippen molar-refractivity contribution in [3.63, 3.8) is 0 Å². The molecule has 1 aromatic heterocycles. The number of aliphatic imine (C=N–C) groups is 1. The van der Waals surface area contributed by atoms with Gasteiger partial charge in [-0.25, -0.2) is 14.8 Å². The zero-order chi connectivity index (χ0) is 25.1. The highest BCUT2D eigenvalue weighted by molar-refractivity contribution is 8.23. The van der Waals surface area contributed by atoms with Crippen LogP contribution >= 0.6 is 23.5 Å². The fourth-order valence-electron chi connectivity index (χ4n) is 3.02. The van der Waals surface area contributed by atoms with Gasteiger partial charge in [-0.1, -0.05) is 36.7 Å². The molecule has 1 aliphatic heterocycles. The quantitative estimate of drug-likeness (QED) is 0.122. The molecule has 10 nitrogen and oxygen atoms in total. The molecule has 34 heavy (non-hydrogen) atoms. The molecule has 1 saturated heterocycles. The highest BCUT2D eigenvalue weighted by Gasteiger charge is 2.17. The lowest BCUT2D eigenvalue weighted by Gasteiger charge is -2.36. The molecule has 0 aliphatic carbocycles. The Morgan fingerprint density at radius 3 is 2.65 bits per heavy atom. The van der Waals surface area contributed by atoms with Gasteiger partial charge < -0.3 is 31.9 Å². The molecular formula is C22H31N7O3S2. The average Bonchev–Trinajstić information content (AvgIpc) is 2.79. The summed E-state index contributed by atoms with van der Waals surface area (Å²) in [6.07, 6.45) is 4.67. The van der Waals surface area contributed by atoms with Crippen LogP contribution in [0.1, 0.15) is 17.4 Å². The van der Waals surface area contributed by atoms with Crippen LogP contribution in [0.15, 0.2) is 74.4 Å². The van der Waals surface area contributed by atoms with Crippen molar-refractivity contribution < 1.29 is 15.0 Å². The van der Waals surface area contributed by atoms with Crippen molar-refractivity contribution in [3.8, 4) is 0 Å². The Morgan fingerprint density at radius 2 is 2.06 bits per heavy atom. The van der Waals surface area contributed by atoms with Gasteiger partial charge in [0.15, 0.2) is 0 Å². The number of pyridine rings is 1. The van der Waals surface area contributed by atoms with Gasteiger partial charge in [0.05, 0.1) is 21.7 Å². The number of hydrogen-bond acceptors (Lipinski definition) is 10. The number of nitrogens with one attached hydrogen (secondary N) is 1. The number of carbonyl (C=O) groups is 1. The zero-order valence-electron chi connectivity index (χ0n) is 19.1. The number of aromatic nitrogens is 1. The molecule has 0 spiro atoms. The first kappa shape index (κ1) is 27.3. The average molecular weight is 506 g/mol. The van der Waals surface area contributed by atoms with E-state index in [0.29, 0.717) is 32.4 Å². The summed E-state index contributed by atoms with van der Waals surface area (Å²) in [5.74, 6) is -0.239. The number of amidine groups is 1. The third-order valence-corrected chi connectivity index (χ3v) is 6.60. The van der Waals surface area contributed by atoms with E-state index in [1.165, 1.54) is 42.0 Å². The van der Waals surface area contributed by atoms with E-state index < -0.39 is 5.97 Å². The van der Waals surface area contributed by atoms with E-state index in [-0.39, 0.29) is 12.3 Å². The number of rotatable bonds is 12. The Balaban J connectivity index is 2.02. The van der Waals surface area contributed by atoms with Gasteiger partial charge in [-0.15, -0.1) is 0 Å². The lowest BCUT2D eigenvalue weighted by Crippen LogP contribution is -2.46. The molecule has 1 fully saturated rings. The first-order valence-corrected chi connectivity index (χ1v) is 12.1. The molecule has 0 atom stereocenters. The molecular weight excluding hydrogens is 474 g/mol. The maximum Gasteiger partial charge on any atom is 0.354 e. The Bertz CT molecular complexity index is 982. The van der Waals surface area contributed by atoms with Crippen molar-refractivity contribution in [2.45, 2.75) is 11.8 Å². The molecule has 1 aromatic rings. The van der Waals surface area contributed by atoms with Crippen LogP contribution in [0.4, 0.5) is 0 Å². The fourth-order valence-corrected chi connectivity index (χ4v) is 4.85. The number of aromatic carboxylic acids is 1. The van der Waals surface area contributed by atoms with Gasteiger partial charge in [-0.2, -0.15) is 0 Å². The predicted octanol–water partition coefficient (Wildman–Crippen LogP) is 1.77. The minimum Gasteiger partial charge on any atom is -0.477 e. The molecule has 1 aliphatic rings. The van der Waals surface area contributed by atoms with E-state index in [1.54, 1.807) is 13.0 Å². The van der Waals surface area contributed by atoms with Crippen molar-refractivity contribution in [3.05, 3.63) is 70.2 Å². The van der Waals surface area contributed by atoms with Crippen LogP contribution in [-0.4, -0.2) is 76.1 Å². The Labute approximate surface area is 208 Å². The van der Waals surface area contributed by atoms with Crippen LogP contribution in [0, 0.1) is 0 Å². The second-order valence-electron chi connectivity index (χ2n) is 7.25. The minimum atomic E-state index is -1.10. The highest BCUT2D eigenvalue weighted by Crippen LogP contribution is 2.37. The van der Waals surface area contributed by atoms with Gasteiger partial charge in [0.1, 0.15) is 11.5 Å². The van der Waals surface area contributed by atoms with Gasteiger partial charge in [-0.3, -0.25) is 4.90 Å². The third-order valence-electron chi connectivity index (χ3n) is 4.59. The van der Waals surface area contributed by atoms with E-state index in [0.717, 1.165) is 31.9 Å². The number of aliphatic hydroxyl groups is 1. The Morgan fingerprint density at radius 1 is 1.35 bits per heavy atom. The molecule has 12 heteroatoms. The van der Waals surface area contributed by atoms with Crippen molar-refractivity contribution in [2.75, 3.05) is 39.3 Å². The summed E-state index contributed by atoms with van der Waals surface area (Å²) in [6, 6.07) is 3.18. The van der Waals surface area contributed by atoms with Crippen molar-refractivity contribution >= 4 is 35.3 Å². The summed E-state index contributed by atoms with van der Waals surface area (Å²) in [7, 11) is 0. The maximum absolute atomic E-state index is 11.2. The second kappa shape index (κ2) is 13.7. The predicted molar refractivity (Wildman–Crippen MR) is 139 cm³/mol. The van der Waals surface area contributed by atoms with Crippen LogP contribution in [0.5, 0.6) is 0 Å². The summed E-state index contributed by atoms with van der Waals surface area (Å²) < 4.78 is 0.687. The van der Waals surface area contributed by atoms with Gasteiger partial charge in [-0.05, 0) is 19.1 Å². The van der Waals surface area contributed by atoms with Gasteiger partial charge in [0, 0.05) is 61.8 Å². The number of allylic oxidation sites excluding steroid dienone is 1. The third kappa shape index (κ3) is 9.14. The van der Waals surface area contributed by atoms with Crippen molar-refractivity contribution in [1.29, 1.82) is 0 Å². The first-order chi connectivity index (χ1) is 16.2. The summed E-state index contributed by atoms with van der Waals surface area (Å²) in [6.45, 7) is 14.0. The number of nitrogens with zero attached hydrogens (tertiary/aromatic N) is 4. The minimum absolute atomic E-state index is 0.0444. The largest absolute Gasteiger partial charge is 0.477 e. The topological polar surface area (TPSA) is 153 Å². The lowest BCUT2D eigenvalue weighted by atomic mass is 10.2. The number of piperazine rings is 1. The van der Waals surface area contributed by atoms with Gasteiger partial charge >= 0.3 is 5.97 Å². The van der Waals surface area contributed by atoms with Crippen molar-refractivity contribution in [2.24, 2.45) is 16.5 Å². The number of aliphatic hydroxyl groups excluding tert-OH is 1. The molecule has 0 amide bonds. The molecule has 0 saturated carbocycles. The summed E-state index contributed by atoms with van der Waals surface area (Å²) in [5.41, 5.74) is 12.3. The highest BCUT2D eigenvalue weighted by atomic mass is 32.2. The van der Waals surface area contributed by atoms with Crippen LogP contribution in [0.2, 0.25) is 0 Å². The van der Waals surface area contributed by atoms with Crippen molar-refractivity contribution in [1.82, 2.24) is 20.1 Å². The van der Waals surface area contributed by atoms with Gasteiger partial charge in [0.25, 0.3) is 0 Å². The molecule has 2 rings (SSSR count). The summed E-state index contributed by atoms with van der Waals surface area (Å²) in [5, 5.41) is 21.9. The molecule has 7 N–H and O–H groups in total. The van der Waals surface area contributed by atoms with Crippen LogP contribution < -0.4 is 16.8 Å². The SMILES string of the molecule is C=C(N/C(=C/C(=C)N1CCN(CCO)CC1)N=C(C)N)S/C(=C\N)Sc1ccnc(C(=O)O)c1. The van der Waals surface area contributed by atoms with E-state index in [2.05, 4.69) is 38.3 Å². The van der Waals surface area contributed by atoms with Gasteiger partial charge in [0.2, 0.25) is 0 Å². The van der Waals surface area contributed by atoms with Crippen LogP contribution in [0.25, 0.3) is 0 Å². The monoisotopic (exact) mass is 505 g/mol. The summed E-state index contributed by atoms with van der Waals surface area (Å²) in [4.78, 5) is 24.4. The van der Waals surface area contributed by atoms with E-state index in [1.807, 2.05) is 6.08 Å². The maximum atomic E-state index is 11.2. The normalized spacial score (nSPS) is 15.8. The lowest BCUT2D eigenvalue weighted by molar-refractivity contribution is 0.0690. The number of carboxylic acids is 1. The van der Waals surface area contributed by atoms with Crippen LogP contribution in [0.3, 0.4) is 0 Å². The second-order valence-corrected chi connectivity index (χ2v) is 9.76. The number of β-amino-alcohol motifs (C(OH)–C–C–N with tert-alkyl or cyclic N) is 1. The Hall–Kier alpha value is -2.93. The molecule has 0 bridgehead atoms. The smallest absolute Gasteiger partial charge is 0.354 e. The van der Waals surface area contributed by atoms with E-state index in [4.69, 9.17) is 21.7 Å². The standard InChI is InChI=1S/C22H31N7O3S2/c1-15(29-8-6-28(7-9-29)10-11-30)12-20(26-16(2)24)27-17(3)33-21(14-23)34-18-4-5-25-19(13-18)22(31)32/h4-5,12-14,27,30H,1,3,6-11,23H2,2H3,(H2,24,26)(H,31,32)/b20-12+,21-14+. The molecule has 184 valence electrons.